The maximum atomic E-state index is 10.7. The minimum absolute atomic E-state index is 0.165. The molecule has 0 radical (unpaired) electrons. The van der Waals surface area contributed by atoms with Crippen molar-refractivity contribution in [3.05, 3.63) is 36.1 Å². The average molecular weight is 277 g/mol. The van der Waals surface area contributed by atoms with Crippen molar-refractivity contribution >= 4 is 17.7 Å². The quantitative estimate of drug-likeness (QED) is 0.925. The zero-order chi connectivity index (χ0) is 13.2. The van der Waals surface area contributed by atoms with Crippen LogP contribution in [0, 0.1) is 0 Å². The monoisotopic (exact) mass is 277 g/mol. The summed E-state index contributed by atoms with van der Waals surface area (Å²) < 4.78 is 10.4. The van der Waals surface area contributed by atoms with Gasteiger partial charge in [-0.3, -0.25) is 0 Å². The first kappa shape index (κ1) is 12.1. The Bertz CT molecular complexity index is 589. The minimum Gasteiger partial charge on any atom is -0.489 e. The van der Waals surface area contributed by atoms with Gasteiger partial charge in [0.15, 0.2) is 0 Å². The van der Waals surface area contributed by atoms with Crippen molar-refractivity contribution < 1.29 is 19.2 Å². The van der Waals surface area contributed by atoms with E-state index in [0.29, 0.717) is 11.8 Å². The van der Waals surface area contributed by atoms with E-state index in [9.17, 15) is 4.79 Å². The molecular formula is C13H11NO4S. The summed E-state index contributed by atoms with van der Waals surface area (Å²) in [6.45, 7) is 0. The van der Waals surface area contributed by atoms with Gasteiger partial charge < -0.3 is 14.4 Å². The molecule has 1 aromatic carbocycles. The number of carboxylic acid groups (broad SMARTS) is 1. The van der Waals surface area contributed by atoms with Gasteiger partial charge in [-0.2, -0.15) is 11.8 Å². The van der Waals surface area contributed by atoms with Crippen molar-refractivity contribution in [1.29, 1.82) is 0 Å². The predicted molar refractivity (Wildman–Crippen MR) is 70.6 cm³/mol. The molecule has 0 amide bonds. The Morgan fingerprint density at radius 3 is 2.63 bits per heavy atom. The third-order valence-corrected chi connectivity index (χ3v) is 4.00. The number of benzene rings is 1. The van der Waals surface area contributed by atoms with Gasteiger partial charge in [0.2, 0.25) is 5.76 Å². The summed E-state index contributed by atoms with van der Waals surface area (Å²) in [7, 11) is 0. The zero-order valence-corrected chi connectivity index (χ0v) is 10.7. The lowest BCUT2D eigenvalue weighted by Crippen LogP contribution is -2.30. The molecule has 0 spiro atoms. The molecule has 5 nitrogen and oxygen atoms in total. The van der Waals surface area contributed by atoms with Crippen LogP contribution in [-0.4, -0.2) is 33.8 Å². The van der Waals surface area contributed by atoms with E-state index in [1.807, 2.05) is 36.0 Å². The maximum absolute atomic E-state index is 10.7. The van der Waals surface area contributed by atoms with E-state index < -0.39 is 5.97 Å². The van der Waals surface area contributed by atoms with E-state index in [1.165, 1.54) is 6.07 Å². The third-order valence-electron chi connectivity index (χ3n) is 2.78. The third kappa shape index (κ3) is 2.58. The number of carboxylic acids is 1. The smallest absolute Gasteiger partial charge is 0.374 e. The van der Waals surface area contributed by atoms with Crippen molar-refractivity contribution in [3.8, 4) is 17.0 Å². The first-order valence-corrected chi connectivity index (χ1v) is 6.93. The number of hydrogen-bond acceptors (Lipinski definition) is 5. The number of thioether (sulfide) groups is 1. The van der Waals surface area contributed by atoms with E-state index in [4.69, 9.17) is 14.4 Å². The van der Waals surface area contributed by atoms with Crippen LogP contribution in [0.4, 0.5) is 0 Å². The molecule has 1 aliphatic heterocycles. The highest BCUT2D eigenvalue weighted by atomic mass is 32.2. The summed E-state index contributed by atoms with van der Waals surface area (Å²) >= 11 is 1.87. The Kier molecular flexibility index (Phi) is 3.16. The Labute approximate surface area is 113 Å². The molecule has 3 rings (SSSR count). The average Bonchev–Trinajstić information content (AvgIpc) is 2.84. The Morgan fingerprint density at radius 1 is 1.37 bits per heavy atom. The largest absolute Gasteiger partial charge is 0.489 e. The molecule has 0 saturated carbocycles. The van der Waals surface area contributed by atoms with Gasteiger partial charge in [-0.25, -0.2) is 4.79 Å². The highest BCUT2D eigenvalue weighted by Crippen LogP contribution is 2.26. The summed E-state index contributed by atoms with van der Waals surface area (Å²) in [4.78, 5) is 10.7. The highest BCUT2D eigenvalue weighted by molar-refractivity contribution is 8.00. The van der Waals surface area contributed by atoms with Gasteiger partial charge in [0.05, 0.1) is 0 Å². The first-order valence-electron chi connectivity index (χ1n) is 5.77. The maximum Gasteiger partial charge on any atom is 0.374 e. The number of aromatic carboxylic acids is 1. The number of carbonyl (C=O) groups is 1. The molecule has 19 heavy (non-hydrogen) atoms. The molecule has 2 aromatic rings. The molecule has 0 atom stereocenters. The Hall–Kier alpha value is -1.95. The molecular weight excluding hydrogens is 266 g/mol. The first-order chi connectivity index (χ1) is 9.22. The summed E-state index contributed by atoms with van der Waals surface area (Å²) in [5.41, 5.74) is 1.30. The molecule has 1 fully saturated rings. The van der Waals surface area contributed by atoms with Crippen LogP contribution in [0.2, 0.25) is 0 Å². The second kappa shape index (κ2) is 4.97. The van der Waals surface area contributed by atoms with Crippen LogP contribution < -0.4 is 4.74 Å². The van der Waals surface area contributed by atoms with E-state index >= 15 is 0 Å². The van der Waals surface area contributed by atoms with Crippen LogP contribution in [0.3, 0.4) is 0 Å². The van der Waals surface area contributed by atoms with Crippen molar-refractivity contribution in [3.63, 3.8) is 0 Å². The lowest BCUT2D eigenvalue weighted by molar-refractivity contribution is 0.0652. The molecule has 0 bridgehead atoms. The normalized spacial score (nSPS) is 14.9. The van der Waals surface area contributed by atoms with E-state index in [-0.39, 0.29) is 5.76 Å². The van der Waals surface area contributed by atoms with Crippen molar-refractivity contribution in [1.82, 2.24) is 5.16 Å². The van der Waals surface area contributed by atoms with Gasteiger partial charge in [0, 0.05) is 23.1 Å². The molecule has 2 heterocycles. The van der Waals surface area contributed by atoms with Crippen LogP contribution in [0.5, 0.6) is 5.75 Å². The minimum atomic E-state index is -1.12. The summed E-state index contributed by atoms with van der Waals surface area (Å²) in [5.74, 6) is 1.60. The standard InChI is InChI=1S/C13H11NO4S/c15-13(16)12-5-11(14-18-12)8-1-3-9(4-2-8)17-10-6-19-7-10/h1-5,10H,6-7H2,(H,15,16). The number of rotatable bonds is 4. The van der Waals surface area contributed by atoms with E-state index in [2.05, 4.69) is 5.16 Å². The number of aromatic nitrogens is 1. The van der Waals surface area contributed by atoms with Crippen LogP contribution >= 0.6 is 11.8 Å². The Morgan fingerprint density at radius 2 is 2.11 bits per heavy atom. The fourth-order valence-corrected chi connectivity index (χ4v) is 2.26. The fourth-order valence-electron chi connectivity index (χ4n) is 1.69. The summed E-state index contributed by atoms with van der Waals surface area (Å²) in [5, 5.41) is 12.5. The highest BCUT2D eigenvalue weighted by Gasteiger charge is 2.19. The molecule has 98 valence electrons. The van der Waals surface area contributed by atoms with Crippen LogP contribution in [0.1, 0.15) is 10.6 Å². The number of hydrogen-bond donors (Lipinski definition) is 1. The predicted octanol–water partition coefficient (Wildman–Crippen LogP) is 2.53. The zero-order valence-electron chi connectivity index (χ0n) is 9.91. The fraction of sp³-hybridized carbons (Fsp3) is 0.231. The lowest BCUT2D eigenvalue weighted by Gasteiger charge is -2.25. The van der Waals surface area contributed by atoms with Crippen molar-refractivity contribution in [2.75, 3.05) is 11.5 Å². The molecule has 0 aliphatic carbocycles. The van der Waals surface area contributed by atoms with Gasteiger partial charge in [-0.15, -0.1) is 0 Å². The number of ether oxygens (including phenoxy) is 1. The molecule has 6 heteroatoms. The molecule has 1 aliphatic rings. The van der Waals surface area contributed by atoms with Crippen LogP contribution in [0.15, 0.2) is 34.9 Å². The second-order valence-corrected chi connectivity index (χ2v) is 5.26. The van der Waals surface area contributed by atoms with Gasteiger partial charge in [0.25, 0.3) is 0 Å². The van der Waals surface area contributed by atoms with Gasteiger partial charge in [-0.05, 0) is 24.3 Å². The second-order valence-electron chi connectivity index (χ2n) is 4.18. The molecule has 1 N–H and O–H groups in total. The molecule has 1 aromatic heterocycles. The van der Waals surface area contributed by atoms with Gasteiger partial charge in [0.1, 0.15) is 17.5 Å². The van der Waals surface area contributed by atoms with Gasteiger partial charge in [-0.1, -0.05) is 5.16 Å². The Balaban J connectivity index is 1.75. The SMILES string of the molecule is O=C(O)c1cc(-c2ccc(OC3CSC3)cc2)no1. The summed E-state index contributed by atoms with van der Waals surface area (Å²) in [6.07, 6.45) is 0.307. The van der Waals surface area contributed by atoms with E-state index in [0.717, 1.165) is 22.8 Å². The van der Waals surface area contributed by atoms with Crippen molar-refractivity contribution in [2.45, 2.75) is 6.10 Å². The number of nitrogens with zero attached hydrogens (tertiary/aromatic N) is 1. The topological polar surface area (TPSA) is 72.6 Å². The van der Waals surface area contributed by atoms with Crippen LogP contribution in [-0.2, 0) is 0 Å². The van der Waals surface area contributed by atoms with Crippen molar-refractivity contribution in [2.24, 2.45) is 0 Å². The molecule has 1 saturated heterocycles. The molecule has 0 unspecified atom stereocenters. The summed E-state index contributed by atoms with van der Waals surface area (Å²) in [6, 6.07) is 8.79. The van der Waals surface area contributed by atoms with E-state index in [1.54, 1.807) is 0 Å². The van der Waals surface area contributed by atoms with Crippen LogP contribution in [0.25, 0.3) is 11.3 Å². The lowest BCUT2D eigenvalue weighted by atomic mass is 10.1. The van der Waals surface area contributed by atoms with Gasteiger partial charge >= 0.3 is 5.97 Å².